The van der Waals surface area contributed by atoms with Gasteiger partial charge in [-0.2, -0.15) is 0 Å². The van der Waals surface area contributed by atoms with E-state index in [0.29, 0.717) is 12.5 Å². The lowest BCUT2D eigenvalue weighted by Gasteiger charge is -2.12. The van der Waals surface area contributed by atoms with Crippen molar-refractivity contribution in [2.75, 3.05) is 6.61 Å². The van der Waals surface area contributed by atoms with Gasteiger partial charge in [-0.1, -0.05) is 0 Å². The molecule has 0 unspecified atom stereocenters. The van der Waals surface area contributed by atoms with E-state index in [-0.39, 0.29) is 24.0 Å². The molecular formula is C10H15NO3. The standard InChI is InChI=1S/C10H15NO3/c1-3-13-10(12)7-4-5-8-9(7)11-6(2)14-8/h7-9H,3-5H2,1-2H3/t7-,8+,9-/m1/s1. The first kappa shape index (κ1) is 9.49. The van der Waals surface area contributed by atoms with Crippen LogP contribution in [0.2, 0.25) is 0 Å². The zero-order valence-corrected chi connectivity index (χ0v) is 8.53. The molecule has 0 N–H and O–H groups in total. The molecule has 0 saturated heterocycles. The summed E-state index contributed by atoms with van der Waals surface area (Å²) in [6, 6.07) is 0.00838. The van der Waals surface area contributed by atoms with Crippen LogP contribution in [0.1, 0.15) is 26.7 Å². The molecule has 1 fully saturated rings. The first-order chi connectivity index (χ1) is 6.72. The van der Waals surface area contributed by atoms with E-state index >= 15 is 0 Å². The average molecular weight is 197 g/mol. The van der Waals surface area contributed by atoms with Gasteiger partial charge in [0.15, 0.2) is 5.90 Å². The summed E-state index contributed by atoms with van der Waals surface area (Å²) in [4.78, 5) is 15.9. The first-order valence-corrected chi connectivity index (χ1v) is 5.10. The molecular weight excluding hydrogens is 182 g/mol. The molecule has 2 rings (SSSR count). The van der Waals surface area contributed by atoms with E-state index in [4.69, 9.17) is 9.47 Å². The van der Waals surface area contributed by atoms with Crippen molar-refractivity contribution in [2.24, 2.45) is 10.9 Å². The number of nitrogens with zero attached hydrogens (tertiary/aromatic N) is 1. The Balaban J connectivity index is 2.04. The Morgan fingerprint density at radius 3 is 3.14 bits per heavy atom. The van der Waals surface area contributed by atoms with Crippen molar-refractivity contribution in [3.8, 4) is 0 Å². The van der Waals surface area contributed by atoms with Crippen molar-refractivity contribution in [3.63, 3.8) is 0 Å². The molecule has 0 aromatic rings. The second-order valence-corrected chi connectivity index (χ2v) is 3.73. The molecule has 78 valence electrons. The van der Waals surface area contributed by atoms with Crippen molar-refractivity contribution in [3.05, 3.63) is 0 Å². The molecule has 1 aliphatic heterocycles. The predicted octanol–water partition coefficient (Wildman–Crippen LogP) is 1.15. The highest BCUT2D eigenvalue weighted by Gasteiger charge is 2.45. The van der Waals surface area contributed by atoms with Crippen molar-refractivity contribution in [1.29, 1.82) is 0 Å². The number of esters is 1. The molecule has 3 atom stereocenters. The van der Waals surface area contributed by atoms with E-state index in [1.54, 1.807) is 0 Å². The fraction of sp³-hybridized carbons (Fsp3) is 0.800. The smallest absolute Gasteiger partial charge is 0.311 e. The van der Waals surface area contributed by atoms with Gasteiger partial charge >= 0.3 is 5.97 Å². The summed E-state index contributed by atoms with van der Waals surface area (Å²) in [7, 11) is 0. The molecule has 0 spiro atoms. The Bertz CT molecular complexity index is 275. The summed E-state index contributed by atoms with van der Waals surface area (Å²) in [6.07, 6.45) is 1.87. The Hall–Kier alpha value is -1.06. The van der Waals surface area contributed by atoms with E-state index in [1.165, 1.54) is 0 Å². The van der Waals surface area contributed by atoms with Crippen molar-refractivity contribution < 1.29 is 14.3 Å². The third-order valence-electron chi connectivity index (χ3n) is 2.80. The van der Waals surface area contributed by atoms with Crippen LogP contribution in [0.4, 0.5) is 0 Å². The molecule has 4 heteroatoms. The van der Waals surface area contributed by atoms with Crippen LogP contribution in [0, 0.1) is 5.92 Å². The number of hydrogen-bond donors (Lipinski definition) is 0. The van der Waals surface area contributed by atoms with Gasteiger partial charge in [-0.25, -0.2) is 4.99 Å². The summed E-state index contributed by atoms with van der Waals surface area (Å²) in [5.41, 5.74) is 0. The lowest BCUT2D eigenvalue weighted by Crippen LogP contribution is -2.28. The summed E-state index contributed by atoms with van der Waals surface area (Å²) in [5, 5.41) is 0. The van der Waals surface area contributed by atoms with Gasteiger partial charge in [-0.15, -0.1) is 0 Å². The third-order valence-corrected chi connectivity index (χ3v) is 2.80. The first-order valence-electron chi connectivity index (χ1n) is 5.10. The molecule has 0 bridgehead atoms. The molecule has 1 heterocycles. The Morgan fingerprint density at radius 1 is 1.64 bits per heavy atom. The second kappa shape index (κ2) is 3.59. The number of carbonyl (C=O) groups is 1. The van der Waals surface area contributed by atoms with E-state index < -0.39 is 0 Å². The predicted molar refractivity (Wildman–Crippen MR) is 51.1 cm³/mol. The number of aliphatic imine (C=N–C) groups is 1. The molecule has 2 aliphatic rings. The minimum atomic E-state index is -0.123. The van der Waals surface area contributed by atoms with E-state index in [2.05, 4.69) is 4.99 Å². The van der Waals surface area contributed by atoms with E-state index in [1.807, 2.05) is 13.8 Å². The van der Waals surface area contributed by atoms with Crippen molar-refractivity contribution in [2.45, 2.75) is 38.8 Å². The van der Waals surface area contributed by atoms with Gasteiger partial charge in [-0.05, 0) is 19.8 Å². The molecule has 0 radical (unpaired) electrons. The monoisotopic (exact) mass is 197 g/mol. The van der Waals surface area contributed by atoms with Gasteiger partial charge in [-0.3, -0.25) is 4.79 Å². The Morgan fingerprint density at radius 2 is 2.43 bits per heavy atom. The molecule has 0 aromatic heterocycles. The van der Waals surface area contributed by atoms with Gasteiger partial charge in [0.25, 0.3) is 0 Å². The van der Waals surface area contributed by atoms with Crippen LogP contribution < -0.4 is 0 Å². The van der Waals surface area contributed by atoms with Crippen molar-refractivity contribution >= 4 is 11.9 Å². The SMILES string of the molecule is CCOC(=O)[C@@H]1CC[C@@H]2OC(C)=N[C@@H]21. The van der Waals surface area contributed by atoms with Crippen LogP contribution in [0.15, 0.2) is 4.99 Å². The van der Waals surface area contributed by atoms with Crippen LogP contribution in [0.3, 0.4) is 0 Å². The van der Waals surface area contributed by atoms with Crippen molar-refractivity contribution in [1.82, 2.24) is 0 Å². The number of rotatable bonds is 2. The fourth-order valence-corrected chi connectivity index (χ4v) is 2.21. The normalized spacial score (nSPS) is 34.7. The highest BCUT2D eigenvalue weighted by Crippen LogP contribution is 2.35. The molecule has 0 amide bonds. The quantitative estimate of drug-likeness (QED) is 0.624. The summed E-state index contributed by atoms with van der Waals surface area (Å²) < 4.78 is 10.5. The summed E-state index contributed by atoms with van der Waals surface area (Å²) in [6.45, 7) is 4.10. The Labute approximate surface area is 83.3 Å². The van der Waals surface area contributed by atoms with Gasteiger partial charge < -0.3 is 9.47 Å². The molecule has 1 aliphatic carbocycles. The van der Waals surface area contributed by atoms with Gasteiger partial charge in [0.2, 0.25) is 0 Å². The summed E-state index contributed by atoms with van der Waals surface area (Å²) >= 11 is 0. The minimum Gasteiger partial charge on any atom is -0.476 e. The zero-order chi connectivity index (χ0) is 10.1. The largest absolute Gasteiger partial charge is 0.476 e. The molecule has 0 aromatic carbocycles. The van der Waals surface area contributed by atoms with E-state index in [0.717, 1.165) is 12.8 Å². The lowest BCUT2D eigenvalue weighted by atomic mass is 10.0. The van der Waals surface area contributed by atoms with Crippen LogP contribution >= 0.6 is 0 Å². The topological polar surface area (TPSA) is 47.9 Å². The maximum absolute atomic E-state index is 11.5. The maximum Gasteiger partial charge on any atom is 0.311 e. The third kappa shape index (κ3) is 1.49. The maximum atomic E-state index is 11.5. The van der Waals surface area contributed by atoms with Crippen LogP contribution in [-0.4, -0.2) is 30.6 Å². The molecule has 14 heavy (non-hydrogen) atoms. The number of hydrogen-bond acceptors (Lipinski definition) is 4. The van der Waals surface area contributed by atoms with Crippen LogP contribution in [0.25, 0.3) is 0 Å². The highest BCUT2D eigenvalue weighted by atomic mass is 16.5. The zero-order valence-electron chi connectivity index (χ0n) is 8.53. The van der Waals surface area contributed by atoms with Gasteiger partial charge in [0.05, 0.1) is 12.5 Å². The Kier molecular flexibility index (Phi) is 2.44. The number of fused-ring (bicyclic) bond motifs is 1. The average Bonchev–Trinajstić information content (AvgIpc) is 2.62. The van der Waals surface area contributed by atoms with Gasteiger partial charge in [0.1, 0.15) is 12.1 Å². The lowest BCUT2D eigenvalue weighted by molar-refractivity contribution is -0.148. The number of carbonyl (C=O) groups excluding carboxylic acids is 1. The second-order valence-electron chi connectivity index (χ2n) is 3.73. The highest BCUT2D eigenvalue weighted by molar-refractivity contribution is 5.79. The minimum absolute atomic E-state index is 0.00838. The fourth-order valence-electron chi connectivity index (χ4n) is 2.21. The molecule has 4 nitrogen and oxygen atoms in total. The van der Waals surface area contributed by atoms with Crippen LogP contribution in [-0.2, 0) is 14.3 Å². The summed E-state index contributed by atoms with van der Waals surface area (Å²) in [5.74, 6) is 0.494. The molecule has 1 saturated carbocycles. The van der Waals surface area contributed by atoms with E-state index in [9.17, 15) is 4.79 Å². The van der Waals surface area contributed by atoms with Crippen LogP contribution in [0.5, 0.6) is 0 Å². The number of ether oxygens (including phenoxy) is 2. The van der Waals surface area contributed by atoms with Gasteiger partial charge in [0, 0.05) is 6.92 Å².